The van der Waals surface area contributed by atoms with Gasteiger partial charge in [0.1, 0.15) is 5.82 Å². The number of aromatic nitrogens is 2. The van der Waals surface area contributed by atoms with Gasteiger partial charge in [-0.2, -0.15) is 4.37 Å². The summed E-state index contributed by atoms with van der Waals surface area (Å²) in [7, 11) is 0. The van der Waals surface area contributed by atoms with Gasteiger partial charge in [-0.1, -0.05) is 54.6 Å². The minimum absolute atomic E-state index is 0.416. The first-order valence-electron chi connectivity index (χ1n) is 7.10. The van der Waals surface area contributed by atoms with Crippen LogP contribution in [0.1, 0.15) is 17.5 Å². The number of rotatable bonds is 5. The predicted molar refractivity (Wildman–Crippen MR) is 90.0 cm³/mol. The van der Waals surface area contributed by atoms with Crippen molar-refractivity contribution in [3.05, 3.63) is 66.0 Å². The number of hydrogen-bond acceptors (Lipinski definition) is 5. The smallest absolute Gasteiger partial charge is 0.202 e. The van der Waals surface area contributed by atoms with E-state index in [1.165, 1.54) is 17.1 Å². The summed E-state index contributed by atoms with van der Waals surface area (Å²) in [4.78, 5) is 4.22. The van der Waals surface area contributed by atoms with Crippen molar-refractivity contribution in [2.24, 2.45) is 0 Å². The van der Waals surface area contributed by atoms with Gasteiger partial charge in [0.05, 0.1) is 6.10 Å². The molecule has 5 heteroatoms. The van der Waals surface area contributed by atoms with Crippen LogP contribution in [0.4, 0.5) is 5.13 Å². The molecule has 3 rings (SSSR count). The van der Waals surface area contributed by atoms with Crippen molar-refractivity contribution in [3.63, 3.8) is 0 Å². The Hall–Kier alpha value is -2.24. The average molecular weight is 311 g/mol. The molecule has 4 nitrogen and oxygen atoms in total. The van der Waals surface area contributed by atoms with Crippen LogP contribution in [0.25, 0.3) is 11.1 Å². The molecule has 2 N–H and O–H groups in total. The minimum atomic E-state index is -0.575. The van der Waals surface area contributed by atoms with Crippen LogP contribution in [0.15, 0.2) is 54.6 Å². The number of aryl methyl sites for hydroxylation is 1. The van der Waals surface area contributed by atoms with Gasteiger partial charge in [-0.3, -0.25) is 0 Å². The molecule has 22 heavy (non-hydrogen) atoms. The van der Waals surface area contributed by atoms with Crippen molar-refractivity contribution in [1.29, 1.82) is 0 Å². The molecule has 0 radical (unpaired) electrons. The van der Waals surface area contributed by atoms with E-state index >= 15 is 0 Å². The van der Waals surface area contributed by atoms with E-state index in [1.54, 1.807) is 0 Å². The first-order chi connectivity index (χ1) is 10.7. The Kier molecular flexibility index (Phi) is 4.46. The van der Waals surface area contributed by atoms with Crippen molar-refractivity contribution in [3.8, 4) is 11.1 Å². The van der Waals surface area contributed by atoms with Gasteiger partial charge in [-0.15, -0.1) is 0 Å². The molecule has 112 valence electrons. The lowest BCUT2D eigenvalue weighted by Crippen LogP contribution is -2.11. The van der Waals surface area contributed by atoms with Crippen LogP contribution in [-0.2, 0) is 0 Å². The van der Waals surface area contributed by atoms with Crippen molar-refractivity contribution in [1.82, 2.24) is 9.36 Å². The molecule has 1 atom stereocenters. The SMILES string of the molecule is Cc1nsc(NCC(O)c2ccc(-c3ccccc3)cc2)n1. The minimum Gasteiger partial charge on any atom is -0.387 e. The Morgan fingerprint density at radius 3 is 2.36 bits per heavy atom. The fourth-order valence-corrected chi connectivity index (χ4v) is 2.78. The van der Waals surface area contributed by atoms with Gasteiger partial charge in [-0.05, 0) is 23.6 Å². The third kappa shape index (κ3) is 3.50. The van der Waals surface area contributed by atoms with Crippen molar-refractivity contribution >= 4 is 16.7 Å². The summed E-state index contributed by atoms with van der Waals surface area (Å²) in [6.07, 6.45) is -0.575. The van der Waals surface area contributed by atoms with Crippen LogP contribution in [0.5, 0.6) is 0 Å². The van der Waals surface area contributed by atoms with Gasteiger partial charge in [0.25, 0.3) is 0 Å². The lowest BCUT2D eigenvalue weighted by atomic mass is 10.0. The number of aliphatic hydroxyl groups excluding tert-OH is 1. The second-order valence-electron chi connectivity index (χ2n) is 5.03. The standard InChI is InChI=1S/C17H17N3OS/c1-12-19-17(22-20-12)18-11-16(21)15-9-7-14(8-10-15)13-5-3-2-4-6-13/h2-10,16,21H,11H2,1H3,(H,18,19,20). The summed E-state index contributed by atoms with van der Waals surface area (Å²) in [5.74, 6) is 0.745. The highest BCUT2D eigenvalue weighted by Gasteiger charge is 2.09. The quantitative estimate of drug-likeness (QED) is 0.755. The Balaban J connectivity index is 1.64. The number of hydrogen-bond donors (Lipinski definition) is 2. The summed E-state index contributed by atoms with van der Waals surface area (Å²) in [5.41, 5.74) is 3.20. The Morgan fingerprint density at radius 2 is 1.73 bits per heavy atom. The molecule has 0 saturated carbocycles. The second kappa shape index (κ2) is 6.68. The van der Waals surface area contributed by atoms with Crippen LogP contribution in [-0.4, -0.2) is 21.0 Å². The maximum Gasteiger partial charge on any atom is 0.202 e. The summed E-state index contributed by atoms with van der Waals surface area (Å²) in [5, 5.41) is 14.1. The molecule has 0 aliphatic carbocycles. The maximum absolute atomic E-state index is 10.2. The van der Waals surface area contributed by atoms with E-state index in [9.17, 15) is 5.11 Å². The van der Waals surface area contributed by atoms with E-state index in [0.29, 0.717) is 6.54 Å². The Labute approximate surface area is 133 Å². The topological polar surface area (TPSA) is 58.0 Å². The molecule has 0 aliphatic rings. The molecule has 0 aliphatic heterocycles. The van der Waals surface area contributed by atoms with Gasteiger partial charge in [0.15, 0.2) is 0 Å². The highest BCUT2D eigenvalue weighted by Crippen LogP contribution is 2.22. The highest BCUT2D eigenvalue weighted by molar-refractivity contribution is 7.09. The first-order valence-corrected chi connectivity index (χ1v) is 7.87. The first kappa shape index (κ1) is 14.7. The molecule has 1 unspecified atom stereocenters. The fourth-order valence-electron chi connectivity index (χ4n) is 2.20. The molecule has 1 heterocycles. The van der Waals surface area contributed by atoms with Gasteiger partial charge in [-0.25, -0.2) is 4.98 Å². The molecular weight excluding hydrogens is 294 g/mol. The van der Waals surface area contributed by atoms with Gasteiger partial charge < -0.3 is 10.4 Å². The monoisotopic (exact) mass is 311 g/mol. The van der Waals surface area contributed by atoms with E-state index in [2.05, 4.69) is 26.8 Å². The zero-order valence-corrected chi connectivity index (χ0v) is 13.0. The number of nitrogens with one attached hydrogen (secondary N) is 1. The third-order valence-corrected chi connectivity index (χ3v) is 4.14. The molecule has 0 spiro atoms. The normalized spacial score (nSPS) is 12.1. The molecule has 0 fully saturated rings. The number of anilines is 1. The van der Waals surface area contributed by atoms with Crippen LogP contribution in [0.2, 0.25) is 0 Å². The maximum atomic E-state index is 10.2. The van der Waals surface area contributed by atoms with Crippen molar-refractivity contribution in [2.75, 3.05) is 11.9 Å². The summed E-state index contributed by atoms with van der Waals surface area (Å²) in [6.45, 7) is 2.26. The third-order valence-electron chi connectivity index (χ3n) is 3.38. The van der Waals surface area contributed by atoms with Crippen LogP contribution < -0.4 is 5.32 Å². The second-order valence-corrected chi connectivity index (χ2v) is 5.78. The zero-order valence-electron chi connectivity index (χ0n) is 12.2. The number of benzene rings is 2. The highest BCUT2D eigenvalue weighted by atomic mass is 32.1. The average Bonchev–Trinajstić information content (AvgIpc) is 2.99. The molecular formula is C17H17N3OS. The lowest BCUT2D eigenvalue weighted by molar-refractivity contribution is 0.191. The summed E-state index contributed by atoms with van der Waals surface area (Å²) >= 11 is 1.30. The molecule has 3 aromatic rings. The summed E-state index contributed by atoms with van der Waals surface area (Å²) < 4.78 is 4.10. The fraction of sp³-hybridized carbons (Fsp3) is 0.176. The van der Waals surface area contributed by atoms with Gasteiger partial charge in [0, 0.05) is 18.1 Å². The van der Waals surface area contributed by atoms with E-state index < -0.39 is 6.10 Å². The van der Waals surface area contributed by atoms with Crippen molar-refractivity contribution in [2.45, 2.75) is 13.0 Å². The Morgan fingerprint density at radius 1 is 1.05 bits per heavy atom. The lowest BCUT2D eigenvalue weighted by Gasteiger charge is -2.12. The van der Waals surface area contributed by atoms with E-state index in [-0.39, 0.29) is 0 Å². The molecule has 1 aromatic heterocycles. The van der Waals surface area contributed by atoms with E-state index in [1.807, 2.05) is 49.4 Å². The largest absolute Gasteiger partial charge is 0.387 e. The Bertz CT molecular complexity index is 725. The zero-order chi connectivity index (χ0) is 15.4. The number of nitrogens with zero attached hydrogens (tertiary/aromatic N) is 2. The van der Waals surface area contributed by atoms with Crippen molar-refractivity contribution < 1.29 is 5.11 Å². The molecule has 2 aromatic carbocycles. The number of aliphatic hydroxyl groups is 1. The molecule has 0 bridgehead atoms. The molecule has 0 saturated heterocycles. The van der Waals surface area contributed by atoms with E-state index in [4.69, 9.17) is 0 Å². The van der Waals surface area contributed by atoms with E-state index in [0.717, 1.165) is 22.1 Å². The molecule has 0 amide bonds. The van der Waals surface area contributed by atoms with Crippen LogP contribution in [0, 0.1) is 6.92 Å². The van der Waals surface area contributed by atoms with Gasteiger partial charge >= 0.3 is 0 Å². The van der Waals surface area contributed by atoms with Crippen LogP contribution >= 0.6 is 11.5 Å². The predicted octanol–water partition coefficient (Wildman–Crippen LogP) is 3.66. The van der Waals surface area contributed by atoms with Crippen LogP contribution in [0.3, 0.4) is 0 Å². The summed E-state index contributed by atoms with van der Waals surface area (Å²) in [6, 6.07) is 18.2. The van der Waals surface area contributed by atoms with Gasteiger partial charge in [0.2, 0.25) is 5.13 Å².